The minimum Gasteiger partial charge on any atom is -0.494 e. The number of para-hydroxylation sites is 1. The molecule has 2 aromatic rings. The van der Waals surface area contributed by atoms with Crippen molar-refractivity contribution in [2.75, 3.05) is 23.8 Å². The van der Waals surface area contributed by atoms with E-state index in [0.717, 1.165) is 17.1 Å². The normalized spacial score (nSPS) is 10.1. The molecule has 116 valence electrons. The molecule has 2 rings (SSSR count). The third kappa shape index (κ3) is 4.97. The molecule has 0 saturated heterocycles. The number of benzene rings is 2. The molecule has 0 heterocycles. The number of ether oxygens (including phenoxy) is 1. The lowest BCUT2D eigenvalue weighted by atomic mass is 10.2. The Balaban J connectivity index is 1.77. The zero-order valence-corrected chi connectivity index (χ0v) is 13.2. The fourth-order valence-corrected chi connectivity index (χ4v) is 2.14. The van der Waals surface area contributed by atoms with Crippen LogP contribution in [0.4, 0.5) is 11.4 Å². The van der Waals surface area contributed by atoms with Gasteiger partial charge in [0.25, 0.3) is 0 Å². The summed E-state index contributed by atoms with van der Waals surface area (Å²) in [6.07, 6.45) is 0.360. The van der Waals surface area contributed by atoms with Crippen LogP contribution in [-0.4, -0.2) is 19.1 Å². The van der Waals surface area contributed by atoms with Crippen molar-refractivity contribution in [3.63, 3.8) is 0 Å². The second-order valence-electron chi connectivity index (χ2n) is 4.66. The first-order valence-corrected chi connectivity index (χ1v) is 7.58. The van der Waals surface area contributed by atoms with E-state index in [1.54, 1.807) is 0 Å². The molecule has 0 aliphatic carbocycles. The van der Waals surface area contributed by atoms with Crippen molar-refractivity contribution < 1.29 is 9.53 Å². The van der Waals surface area contributed by atoms with Gasteiger partial charge >= 0.3 is 0 Å². The van der Waals surface area contributed by atoms with Crippen molar-refractivity contribution in [2.45, 2.75) is 13.3 Å². The number of rotatable bonds is 7. The highest BCUT2D eigenvalue weighted by Gasteiger charge is 2.04. The highest BCUT2D eigenvalue weighted by atomic mass is 35.5. The van der Waals surface area contributed by atoms with Crippen molar-refractivity contribution in [1.82, 2.24) is 0 Å². The van der Waals surface area contributed by atoms with Crippen LogP contribution in [0.1, 0.15) is 13.3 Å². The van der Waals surface area contributed by atoms with Gasteiger partial charge in [-0.05, 0) is 43.3 Å². The van der Waals surface area contributed by atoms with E-state index in [1.165, 1.54) is 0 Å². The molecule has 22 heavy (non-hydrogen) atoms. The van der Waals surface area contributed by atoms with Gasteiger partial charge in [-0.2, -0.15) is 0 Å². The Kier molecular flexibility index (Phi) is 6.10. The molecule has 1 amide bonds. The molecule has 0 atom stereocenters. The van der Waals surface area contributed by atoms with Gasteiger partial charge < -0.3 is 15.4 Å². The third-order valence-corrected chi connectivity index (χ3v) is 3.32. The fourth-order valence-electron chi connectivity index (χ4n) is 1.94. The van der Waals surface area contributed by atoms with Gasteiger partial charge in [-0.25, -0.2) is 0 Å². The number of amides is 1. The predicted octanol–water partition coefficient (Wildman–Crippen LogP) is 4.18. The average Bonchev–Trinajstić information content (AvgIpc) is 2.51. The first-order valence-electron chi connectivity index (χ1n) is 7.20. The van der Waals surface area contributed by atoms with Gasteiger partial charge in [0, 0.05) is 18.7 Å². The molecule has 2 N–H and O–H groups in total. The molecule has 4 nitrogen and oxygen atoms in total. The Morgan fingerprint density at radius 1 is 1.14 bits per heavy atom. The summed E-state index contributed by atoms with van der Waals surface area (Å²) in [6.45, 7) is 3.08. The highest BCUT2D eigenvalue weighted by Crippen LogP contribution is 2.20. The largest absolute Gasteiger partial charge is 0.494 e. The van der Waals surface area contributed by atoms with Crippen molar-refractivity contribution in [1.29, 1.82) is 0 Å². The van der Waals surface area contributed by atoms with Crippen LogP contribution in [0.5, 0.6) is 5.75 Å². The van der Waals surface area contributed by atoms with Crippen molar-refractivity contribution >= 4 is 28.9 Å². The maximum atomic E-state index is 11.9. The molecule has 5 heteroatoms. The molecule has 0 unspecified atom stereocenters. The smallest absolute Gasteiger partial charge is 0.226 e. The molecule has 0 saturated carbocycles. The highest BCUT2D eigenvalue weighted by molar-refractivity contribution is 6.33. The Morgan fingerprint density at radius 2 is 1.86 bits per heavy atom. The molecule has 0 fully saturated rings. The summed E-state index contributed by atoms with van der Waals surface area (Å²) < 4.78 is 5.36. The van der Waals surface area contributed by atoms with E-state index in [-0.39, 0.29) is 5.91 Å². The maximum absolute atomic E-state index is 11.9. The SMILES string of the molecule is CCOc1ccc(NC(=O)CCNc2ccccc2Cl)cc1. The van der Waals surface area contributed by atoms with Gasteiger partial charge in [0.05, 0.1) is 17.3 Å². The van der Waals surface area contributed by atoms with Gasteiger partial charge in [0.15, 0.2) is 0 Å². The van der Waals surface area contributed by atoms with E-state index in [1.807, 2.05) is 55.5 Å². The molecule has 0 radical (unpaired) electrons. The zero-order chi connectivity index (χ0) is 15.8. The van der Waals surface area contributed by atoms with Gasteiger partial charge in [0.1, 0.15) is 5.75 Å². The minimum atomic E-state index is -0.0521. The van der Waals surface area contributed by atoms with E-state index >= 15 is 0 Å². The number of hydrogen-bond acceptors (Lipinski definition) is 3. The van der Waals surface area contributed by atoms with E-state index in [9.17, 15) is 4.79 Å². The van der Waals surface area contributed by atoms with E-state index in [0.29, 0.717) is 24.6 Å². The lowest BCUT2D eigenvalue weighted by molar-refractivity contribution is -0.115. The second-order valence-corrected chi connectivity index (χ2v) is 5.07. The number of anilines is 2. The molecule has 2 aromatic carbocycles. The monoisotopic (exact) mass is 318 g/mol. The molecule has 0 aromatic heterocycles. The van der Waals surface area contributed by atoms with Gasteiger partial charge in [-0.3, -0.25) is 4.79 Å². The van der Waals surface area contributed by atoms with Crippen LogP contribution in [0, 0.1) is 0 Å². The maximum Gasteiger partial charge on any atom is 0.226 e. The topological polar surface area (TPSA) is 50.4 Å². The Bertz CT molecular complexity index is 614. The summed E-state index contributed by atoms with van der Waals surface area (Å²) in [5.74, 6) is 0.740. The summed E-state index contributed by atoms with van der Waals surface area (Å²) in [7, 11) is 0. The van der Waals surface area contributed by atoms with Gasteiger partial charge in [-0.15, -0.1) is 0 Å². The number of hydrogen-bond donors (Lipinski definition) is 2. The lowest BCUT2D eigenvalue weighted by Gasteiger charge is -2.09. The van der Waals surface area contributed by atoms with Crippen LogP contribution < -0.4 is 15.4 Å². The van der Waals surface area contributed by atoms with E-state index < -0.39 is 0 Å². The van der Waals surface area contributed by atoms with Crippen LogP contribution in [0.15, 0.2) is 48.5 Å². The number of nitrogens with one attached hydrogen (secondary N) is 2. The van der Waals surface area contributed by atoms with Crippen molar-refractivity contribution in [3.8, 4) is 5.75 Å². The van der Waals surface area contributed by atoms with E-state index in [4.69, 9.17) is 16.3 Å². The predicted molar refractivity (Wildman–Crippen MR) is 90.8 cm³/mol. The Morgan fingerprint density at radius 3 is 2.55 bits per heavy atom. The summed E-state index contributed by atoms with van der Waals surface area (Å²) in [6, 6.07) is 14.8. The molecule has 0 spiro atoms. The molecule has 0 aliphatic rings. The van der Waals surface area contributed by atoms with Crippen molar-refractivity contribution in [2.24, 2.45) is 0 Å². The fraction of sp³-hybridized carbons (Fsp3) is 0.235. The van der Waals surface area contributed by atoms with Crippen LogP contribution in [-0.2, 0) is 4.79 Å². The summed E-state index contributed by atoms with van der Waals surface area (Å²) in [4.78, 5) is 11.9. The van der Waals surface area contributed by atoms with E-state index in [2.05, 4.69) is 10.6 Å². The number of carbonyl (C=O) groups is 1. The average molecular weight is 319 g/mol. The third-order valence-electron chi connectivity index (χ3n) is 2.99. The standard InChI is InChI=1S/C17H19ClN2O2/c1-2-22-14-9-7-13(8-10-14)20-17(21)11-12-19-16-6-4-3-5-15(16)18/h3-10,19H,2,11-12H2,1H3,(H,20,21). The van der Waals surface area contributed by atoms with Crippen molar-refractivity contribution in [3.05, 3.63) is 53.6 Å². The second kappa shape index (κ2) is 8.29. The number of halogens is 1. The minimum absolute atomic E-state index is 0.0521. The molecule has 0 bridgehead atoms. The van der Waals surface area contributed by atoms with Gasteiger partial charge in [0.2, 0.25) is 5.91 Å². The van der Waals surface area contributed by atoms with Gasteiger partial charge in [-0.1, -0.05) is 23.7 Å². The number of carbonyl (C=O) groups excluding carboxylic acids is 1. The first-order chi connectivity index (χ1) is 10.7. The summed E-state index contributed by atoms with van der Waals surface area (Å²) in [5.41, 5.74) is 1.59. The van der Waals surface area contributed by atoms with Crippen LogP contribution in [0.3, 0.4) is 0 Å². The molecular formula is C17H19ClN2O2. The van der Waals surface area contributed by atoms with Crippen LogP contribution in [0.2, 0.25) is 5.02 Å². The molecular weight excluding hydrogens is 300 g/mol. The summed E-state index contributed by atoms with van der Waals surface area (Å²) >= 11 is 6.03. The zero-order valence-electron chi connectivity index (χ0n) is 12.4. The summed E-state index contributed by atoms with van der Waals surface area (Å²) in [5, 5.41) is 6.63. The van der Waals surface area contributed by atoms with Crippen LogP contribution in [0.25, 0.3) is 0 Å². The first kappa shape index (κ1) is 16.2. The molecule has 0 aliphatic heterocycles. The Hall–Kier alpha value is -2.20. The quantitative estimate of drug-likeness (QED) is 0.805. The lowest BCUT2D eigenvalue weighted by Crippen LogP contribution is -2.16. The Labute approximate surface area is 135 Å². The van der Waals surface area contributed by atoms with Crippen LogP contribution >= 0.6 is 11.6 Å².